The van der Waals surface area contributed by atoms with Gasteiger partial charge in [-0.2, -0.15) is 13.2 Å². The Labute approximate surface area is 125 Å². The molecule has 0 saturated heterocycles. The third-order valence-corrected chi connectivity index (χ3v) is 3.27. The molecule has 0 aliphatic heterocycles. The van der Waals surface area contributed by atoms with Crippen molar-refractivity contribution >= 4 is 21.6 Å². The van der Waals surface area contributed by atoms with E-state index in [4.69, 9.17) is 0 Å². The predicted molar refractivity (Wildman–Crippen MR) is 72.8 cm³/mol. The second-order valence-electron chi connectivity index (χ2n) is 4.28. The van der Waals surface area contributed by atoms with Gasteiger partial charge in [0.2, 0.25) is 0 Å². The van der Waals surface area contributed by atoms with Gasteiger partial charge in [-0.25, -0.2) is 8.78 Å². The van der Waals surface area contributed by atoms with Crippen LogP contribution in [0.15, 0.2) is 40.9 Å². The normalized spacial score (nSPS) is 11.5. The number of anilines is 1. The summed E-state index contributed by atoms with van der Waals surface area (Å²) in [7, 11) is 0. The van der Waals surface area contributed by atoms with Crippen LogP contribution in [0.1, 0.15) is 11.1 Å². The van der Waals surface area contributed by atoms with Gasteiger partial charge in [0.05, 0.1) is 11.3 Å². The van der Waals surface area contributed by atoms with E-state index in [1.54, 1.807) is 6.07 Å². The first-order valence-electron chi connectivity index (χ1n) is 5.82. The highest BCUT2D eigenvalue weighted by molar-refractivity contribution is 9.10. The van der Waals surface area contributed by atoms with E-state index in [-0.39, 0.29) is 17.8 Å². The maximum Gasteiger partial charge on any atom is 0.416 e. The molecule has 112 valence electrons. The summed E-state index contributed by atoms with van der Waals surface area (Å²) >= 11 is 3.09. The zero-order valence-electron chi connectivity index (χ0n) is 10.4. The molecule has 2 aromatic carbocycles. The lowest BCUT2D eigenvalue weighted by molar-refractivity contribution is -0.137. The van der Waals surface area contributed by atoms with Crippen LogP contribution in [0, 0.1) is 11.6 Å². The first-order valence-corrected chi connectivity index (χ1v) is 6.61. The SMILES string of the molecule is Fc1cc(Br)ccc1CNc1cc(C(F)(F)F)ccc1F. The molecule has 1 N–H and O–H groups in total. The fraction of sp³-hybridized carbons (Fsp3) is 0.143. The van der Waals surface area contributed by atoms with E-state index in [9.17, 15) is 22.0 Å². The van der Waals surface area contributed by atoms with Crippen molar-refractivity contribution in [3.05, 3.63) is 63.6 Å². The van der Waals surface area contributed by atoms with Crippen LogP contribution in [0.25, 0.3) is 0 Å². The van der Waals surface area contributed by atoms with Gasteiger partial charge in [-0.1, -0.05) is 22.0 Å². The van der Waals surface area contributed by atoms with Crippen LogP contribution in [0.2, 0.25) is 0 Å². The molecule has 1 nitrogen and oxygen atoms in total. The van der Waals surface area contributed by atoms with Crippen LogP contribution in [0.3, 0.4) is 0 Å². The minimum absolute atomic E-state index is 0.128. The molecule has 0 heterocycles. The van der Waals surface area contributed by atoms with Gasteiger partial charge in [0, 0.05) is 16.6 Å². The van der Waals surface area contributed by atoms with Crippen molar-refractivity contribution < 1.29 is 22.0 Å². The standard InChI is InChI=1S/C14H9BrF5N/c15-10-3-1-8(12(17)6-10)7-21-13-5-9(14(18,19)20)2-4-11(13)16/h1-6,21H,7H2. The van der Waals surface area contributed by atoms with E-state index < -0.39 is 23.4 Å². The smallest absolute Gasteiger partial charge is 0.378 e. The second kappa shape index (κ2) is 6.01. The maximum absolute atomic E-state index is 13.6. The molecule has 2 aromatic rings. The Morgan fingerprint density at radius 3 is 2.29 bits per heavy atom. The monoisotopic (exact) mass is 365 g/mol. The minimum atomic E-state index is -4.56. The van der Waals surface area contributed by atoms with Crippen molar-refractivity contribution in [2.75, 3.05) is 5.32 Å². The lowest BCUT2D eigenvalue weighted by Gasteiger charge is -2.12. The molecule has 0 amide bonds. The van der Waals surface area contributed by atoms with E-state index in [1.807, 2.05) is 0 Å². The summed E-state index contributed by atoms with van der Waals surface area (Å²) in [5, 5.41) is 2.47. The molecule has 0 aromatic heterocycles. The quantitative estimate of drug-likeness (QED) is 0.722. The summed E-state index contributed by atoms with van der Waals surface area (Å²) in [5.41, 5.74) is -1.08. The summed E-state index contributed by atoms with van der Waals surface area (Å²) < 4.78 is 65.3. The number of hydrogen-bond donors (Lipinski definition) is 1. The number of rotatable bonds is 3. The molecule has 2 rings (SSSR count). The van der Waals surface area contributed by atoms with Crippen LogP contribution < -0.4 is 5.32 Å². The van der Waals surface area contributed by atoms with E-state index in [1.165, 1.54) is 12.1 Å². The van der Waals surface area contributed by atoms with Crippen LogP contribution in [-0.2, 0) is 12.7 Å². The van der Waals surface area contributed by atoms with Gasteiger partial charge in [-0.3, -0.25) is 0 Å². The number of nitrogens with one attached hydrogen (secondary N) is 1. The number of halogens is 6. The number of hydrogen-bond acceptors (Lipinski definition) is 1. The van der Waals surface area contributed by atoms with E-state index in [0.717, 1.165) is 6.07 Å². The van der Waals surface area contributed by atoms with E-state index in [2.05, 4.69) is 21.2 Å². The highest BCUT2D eigenvalue weighted by Gasteiger charge is 2.31. The van der Waals surface area contributed by atoms with Gasteiger partial charge in [0.1, 0.15) is 11.6 Å². The third-order valence-electron chi connectivity index (χ3n) is 2.78. The Kier molecular flexibility index (Phi) is 4.51. The summed E-state index contributed by atoms with van der Waals surface area (Å²) in [4.78, 5) is 0. The van der Waals surface area contributed by atoms with E-state index in [0.29, 0.717) is 16.6 Å². The van der Waals surface area contributed by atoms with Gasteiger partial charge in [0.15, 0.2) is 0 Å². The van der Waals surface area contributed by atoms with Crippen LogP contribution in [0.5, 0.6) is 0 Å². The predicted octanol–water partition coefficient (Wildman–Crippen LogP) is 5.36. The van der Waals surface area contributed by atoms with Crippen molar-refractivity contribution in [3.63, 3.8) is 0 Å². The molecule has 0 bridgehead atoms. The van der Waals surface area contributed by atoms with Crippen molar-refractivity contribution in [1.29, 1.82) is 0 Å². The Hall–Kier alpha value is -1.63. The third kappa shape index (κ3) is 3.93. The van der Waals surface area contributed by atoms with Gasteiger partial charge in [-0.05, 0) is 30.3 Å². The molecular weight excluding hydrogens is 357 g/mol. The summed E-state index contributed by atoms with van der Waals surface area (Å²) in [6, 6.07) is 6.30. The van der Waals surface area contributed by atoms with E-state index >= 15 is 0 Å². The van der Waals surface area contributed by atoms with Gasteiger partial charge in [-0.15, -0.1) is 0 Å². The lowest BCUT2D eigenvalue weighted by atomic mass is 10.1. The number of alkyl halides is 3. The first-order chi connectivity index (χ1) is 9.77. The average Bonchev–Trinajstić information content (AvgIpc) is 2.38. The molecule has 0 aliphatic rings. The Bertz CT molecular complexity index is 654. The molecule has 0 atom stereocenters. The molecule has 0 fully saturated rings. The Balaban J connectivity index is 2.19. The largest absolute Gasteiger partial charge is 0.416 e. The molecular formula is C14H9BrF5N. The summed E-state index contributed by atoms with van der Waals surface area (Å²) in [6.45, 7) is -0.128. The molecule has 0 aliphatic carbocycles. The van der Waals surface area contributed by atoms with Gasteiger partial charge in [0.25, 0.3) is 0 Å². The molecule has 0 unspecified atom stereocenters. The van der Waals surface area contributed by atoms with Gasteiger partial charge < -0.3 is 5.32 Å². The molecule has 0 spiro atoms. The molecule has 21 heavy (non-hydrogen) atoms. The Morgan fingerprint density at radius 2 is 1.67 bits per heavy atom. The number of benzene rings is 2. The van der Waals surface area contributed by atoms with Crippen LogP contribution in [-0.4, -0.2) is 0 Å². The highest BCUT2D eigenvalue weighted by atomic mass is 79.9. The summed E-state index contributed by atoms with van der Waals surface area (Å²) in [5.74, 6) is -1.37. The minimum Gasteiger partial charge on any atom is -0.378 e. The average molecular weight is 366 g/mol. The van der Waals surface area contributed by atoms with Crippen molar-refractivity contribution in [1.82, 2.24) is 0 Å². The molecule has 0 saturated carbocycles. The van der Waals surface area contributed by atoms with Crippen LogP contribution in [0.4, 0.5) is 27.6 Å². The Morgan fingerprint density at radius 1 is 0.952 bits per heavy atom. The highest BCUT2D eigenvalue weighted by Crippen LogP contribution is 2.32. The van der Waals surface area contributed by atoms with Crippen molar-refractivity contribution in [2.24, 2.45) is 0 Å². The fourth-order valence-corrected chi connectivity index (χ4v) is 2.03. The lowest BCUT2D eigenvalue weighted by Crippen LogP contribution is -2.08. The zero-order chi connectivity index (χ0) is 15.6. The summed E-state index contributed by atoms with van der Waals surface area (Å²) in [6.07, 6.45) is -4.56. The van der Waals surface area contributed by atoms with Crippen LogP contribution >= 0.6 is 15.9 Å². The zero-order valence-corrected chi connectivity index (χ0v) is 12.0. The van der Waals surface area contributed by atoms with Gasteiger partial charge >= 0.3 is 6.18 Å². The fourth-order valence-electron chi connectivity index (χ4n) is 1.69. The molecule has 7 heteroatoms. The first kappa shape index (κ1) is 15.8. The van der Waals surface area contributed by atoms with Crippen molar-refractivity contribution in [2.45, 2.75) is 12.7 Å². The second-order valence-corrected chi connectivity index (χ2v) is 5.20. The topological polar surface area (TPSA) is 12.0 Å². The molecule has 0 radical (unpaired) electrons. The van der Waals surface area contributed by atoms with Crippen molar-refractivity contribution in [3.8, 4) is 0 Å². The maximum atomic E-state index is 13.6.